The Labute approximate surface area is 190 Å². The van der Waals surface area contributed by atoms with Gasteiger partial charge in [-0.15, -0.1) is 11.3 Å². The third-order valence-corrected chi connectivity index (χ3v) is 5.72. The summed E-state index contributed by atoms with van der Waals surface area (Å²) in [7, 11) is 1.24. The Morgan fingerprint density at radius 1 is 1.13 bits per heavy atom. The molecule has 0 radical (unpaired) electrons. The highest BCUT2D eigenvalue weighted by atomic mass is 35.5. The highest BCUT2D eigenvalue weighted by Gasteiger charge is 2.23. The third-order valence-electron chi connectivity index (χ3n) is 4.08. The first-order chi connectivity index (χ1) is 14.8. The molecule has 3 aromatic rings. The van der Waals surface area contributed by atoms with E-state index in [1.165, 1.54) is 31.4 Å². The predicted molar refractivity (Wildman–Crippen MR) is 118 cm³/mol. The van der Waals surface area contributed by atoms with Gasteiger partial charge in [-0.2, -0.15) is 0 Å². The lowest BCUT2D eigenvalue weighted by Gasteiger charge is -2.09. The number of halogens is 2. The number of esters is 1. The molecule has 1 N–H and O–H groups in total. The van der Waals surface area contributed by atoms with Gasteiger partial charge in [0.15, 0.2) is 6.61 Å². The van der Waals surface area contributed by atoms with Gasteiger partial charge in [0.2, 0.25) is 0 Å². The number of nitrogens with one attached hydrogen (secondary N) is 1. The summed E-state index contributed by atoms with van der Waals surface area (Å²) in [6.07, 6.45) is 0. The van der Waals surface area contributed by atoms with Crippen LogP contribution >= 0.6 is 34.5 Å². The van der Waals surface area contributed by atoms with Crippen molar-refractivity contribution in [2.45, 2.75) is 0 Å². The fourth-order valence-corrected chi connectivity index (χ4v) is 3.88. The van der Waals surface area contributed by atoms with Crippen LogP contribution < -0.4 is 10.1 Å². The number of ether oxygens (including phenoxy) is 2. The number of hydrogen-bond acceptors (Lipinski definition) is 7. The molecule has 0 unspecified atom stereocenters. The summed E-state index contributed by atoms with van der Waals surface area (Å²) in [4.78, 5) is 34.9. The zero-order chi connectivity index (χ0) is 22.5. The van der Waals surface area contributed by atoms with E-state index in [-0.39, 0.29) is 28.6 Å². The van der Waals surface area contributed by atoms with Crippen LogP contribution in [0.2, 0.25) is 10.0 Å². The van der Waals surface area contributed by atoms with E-state index in [1.807, 2.05) is 0 Å². The molecule has 1 heterocycles. The van der Waals surface area contributed by atoms with Gasteiger partial charge in [-0.3, -0.25) is 14.9 Å². The molecule has 0 aliphatic heterocycles. The summed E-state index contributed by atoms with van der Waals surface area (Å²) < 4.78 is 10.2. The number of hydrogen-bond donors (Lipinski definition) is 1. The van der Waals surface area contributed by atoms with Gasteiger partial charge in [-0.05, 0) is 29.8 Å². The number of amides is 1. The minimum Gasteiger partial charge on any atom is -0.484 e. The second kappa shape index (κ2) is 9.78. The number of methoxy groups -OCH3 is 1. The number of thiophene rings is 1. The largest absolute Gasteiger partial charge is 0.484 e. The smallest absolute Gasteiger partial charge is 0.341 e. The van der Waals surface area contributed by atoms with E-state index in [4.69, 9.17) is 32.7 Å². The first-order valence-electron chi connectivity index (χ1n) is 8.62. The van der Waals surface area contributed by atoms with Gasteiger partial charge in [0.25, 0.3) is 11.6 Å². The van der Waals surface area contributed by atoms with Gasteiger partial charge in [-0.25, -0.2) is 4.79 Å². The average Bonchev–Trinajstić information content (AvgIpc) is 3.17. The van der Waals surface area contributed by atoms with Crippen molar-refractivity contribution in [3.63, 3.8) is 0 Å². The fourth-order valence-electron chi connectivity index (χ4n) is 2.61. The number of non-ortho nitro benzene ring substituents is 1. The molecule has 160 valence electrons. The molecule has 1 amide bonds. The highest BCUT2D eigenvalue weighted by molar-refractivity contribution is 7.15. The summed E-state index contributed by atoms with van der Waals surface area (Å²) >= 11 is 13.2. The molecule has 0 aliphatic carbocycles. The van der Waals surface area contributed by atoms with Crippen LogP contribution in [0.15, 0.2) is 47.8 Å². The molecule has 3 rings (SSSR count). The molecule has 0 saturated heterocycles. The Balaban J connectivity index is 1.76. The minimum atomic E-state index is -0.631. The molecule has 11 heteroatoms. The second-order valence-corrected chi connectivity index (χ2v) is 7.76. The standard InChI is InChI=1S/C20H14Cl2N2O6S/c1-29-20(26)18-14(11-2-7-15(21)16(22)8-11)10-31-19(18)23-17(25)9-30-13-5-3-12(4-6-13)24(27)28/h2-8,10H,9H2,1H3,(H,23,25). The van der Waals surface area contributed by atoms with Crippen LogP contribution in [0.4, 0.5) is 10.7 Å². The third kappa shape index (κ3) is 5.32. The Morgan fingerprint density at radius 3 is 2.45 bits per heavy atom. The van der Waals surface area contributed by atoms with Crippen molar-refractivity contribution in [3.05, 3.63) is 73.6 Å². The van der Waals surface area contributed by atoms with Crippen LogP contribution in [0.3, 0.4) is 0 Å². The van der Waals surface area contributed by atoms with Crippen molar-refractivity contribution in [1.82, 2.24) is 0 Å². The highest BCUT2D eigenvalue weighted by Crippen LogP contribution is 2.38. The fraction of sp³-hybridized carbons (Fsp3) is 0.100. The van der Waals surface area contributed by atoms with E-state index in [9.17, 15) is 19.7 Å². The lowest BCUT2D eigenvalue weighted by atomic mass is 10.0. The summed E-state index contributed by atoms with van der Waals surface area (Å²) in [6, 6.07) is 10.2. The first-order valence-corrected chi connectivity index (χ1v) is 10.3. The van der Waals surface area contributed by atoms with E-state index >= 15 is 0 Å². The van der Waals surface area contributed by atoms with Crippen molar-refractivity contribution in [2.24, 2.45) is 0 Å². The van der Waals surface area contributed by atoms with Crippen LogP contribution in [0.1, 0.15) is 10.4 Å². The molecule has 0 bridgehead atoms. The molecule has 0 aliphatic rings. The van der Waals surface area contributed by atoms with Gasteiger partial charge in [-0.1, -0.05) is 29.3 Å². The summed E-state index contributed by atoms with van der Waals surface area (Å²) in [6.45, 7) is -0.363. The summed E-state index contributed by atoms with van der Waals surface area (Å²) in [5.74, 6) is -0.864. The number of nitro benzene ring substituents is 1. The SMILES string of the molecule is COC(=O)c1c(-c2ccc(Cl)c(Cl)c2)csc1NC(=O)COc1ccc([N+](=O)[O-])cc1. The number of carbonyl (C=O) groups is 2. The van der Waals surface area contributed by atoms with E-state index in [1.54, 1.807) is 23.6 Å². The molecule has 0 fully saturated rings. The molecular weight excluding hydrogens is 467 g/mol. The lowest BCUT2D eigenvalue weighted by Crippen LogP contribution is -2.21. The Kier molecular flexibility index (Phi) is 7.11. The molecule has 0 spiro atoms. The van der Waals surface area contributed by atoms with E-state index in [0.29, 0.717) is 21.2 Å². The van der Waals surface area contributed by atoms with Gasteiger partial charge in [0, 0.05) is 23.1 Å². The van der Waals surface area contributed by atoms with Crippen LogP contribution in [0.5, 0.6) is 5.75 Å². The van der Waals surface area contributed by atoms with E-state index < -0.39 is 16.8 Å². The molecular formula is C20H14Cl2N2O6S. The maximum absolute atomic E-state index is 12.4. The number of benzene rings is 2. The van der Waals surface area contributed by atoms with Crippen molar-refractivity contribution in [2.75, 3.05) is 19.0 Å². The lowest BCUT2D eigenvalue weighted by molar-refractivity contribution is -0.384. The monoisotopic (exact) mass is 480 g/mol. The van der Waals surface area contributed by atoms with Gasteiger partial charge in [0.1, 0.15) is 16.3 Å². The minimum absolute atomic E-state index is 0.0899. The quantitative estimate of drug-likeness (QED) is 0.274. The van der Waals surface area contributed by atoms with E-state index in [2.05, 4.69) is 5.32 Å². The first kappa shape index (κ1) is 22.5. The zero-order valence-corrected chi connectivity index (χ0v) is 18.2. The maximum atomic E-state index is 12.4. The zero-order valence-electron chi connectivity index (χ0n) is 15.9. The topological polar surface area (TPSA) is 108 Å². The van der Waals surface area contributed by atoms with Crippen molar-refractivity contribution < 1.29 is 24.0 Å². The van der Waals surface area contributed by atoms with Crippen molar-refractivity contribution >= 4 is 57.1 Å². The molecule has 0 saturated carbocycles. The summed E-state index contributed by atoms with van der Waals surface area (Å²) in [5.41, 5.74) is 1.25. The average molecular weight is 481 g/mol. The van der Waals surface area contributed by atoms with Crippen molar-refractivity contribution in [3.8, 4) is 16.9 Å². The molecule has 2 aromatic carbocycles. The molecule has 1 aromatic heterocycles. The Morgan fingerprint density at radius 2 is 1.84 bits per heavy atom. The second-order valence-electron chi connectivity index (χ2n) is 6.06. The van der Waals surface area contributed by atoms with Crippen molar-refractivity contribution in [1.29, 1.82) is 0 Å². The van der Waals surface area contributed by atoms with Gasteiger partial charge >= 0.3 is 5.97 Å². The van der Waals surface area contributed by atoms with Crippen LogP contribution in [-0.2, 0) is 9.53 Å². The van der Waals surface area contributed by atoms with Crippen LogP contribution in [-0.4, -0.2) is 30.5 Å². The number of nitrogens with zero attached hydrogens (tertiary/aromatic N) is 1. The number of rotatable bonds is 7. The summed E-state index contributed by atoms with van der Waals surface area (Å²) in [5, 5.41) is 16.0. The number of anilines is 1. The van der Waals surface area contributed by atoms with Crippen LogP contribution in [0, 0.1) is 10.1 Å². The number of nitro groups is 1. The Hall–Kier alpha value is -3.14. The normalized spacial score (nSPS) is 10.4. The molecule has 8 nitrogen and oxygen atoms in total. The molecule has 31 heavy (non-hydrogen) atoms. The Bertz CT molecular complexity index is 1150. The maximum Gasteiger partial charge on any atom is 0.341 e. The predicted octanol–water partition coefficient (Wildman–Crippen LogP) is 5.43. The molecule has 0 atom stereocenters. The van der Waals surface area contributed by atoms with Gasteiger partial charge in [0.05, 0.1) is 22.1 Å². The van der Waals surface area contributed by atoms with E-state index in [0.717, 1.165) is 11.3 Å². The van der Waals surface area contributed by atoms with Crippen LogP contribution in [0.25, 0.3) is 11.1 Å². The number of carbonyl (C=O) groups excluding carboxylic acids is 2. The van der Waals surface area contributed by atoms with Gasteiger partial charge < -0.3 is 14.8 Å².